The zero-order valence-corrected chi connectivity index (χ0v) is 10.4. The molecule has 0 aliphatic carbocycles. The third-order valence-electron chi connectivity index (χ3n) is 2.45. The second-order valence-electron chi connectivity index (χ2n) is 4.14. The van der Waals surface area contributed by atoms with E-state index in [1.54, 1.807) is 10.9 Å². The van der Waals surface area contributed by atoms with Crippen LogP contribution in [0.3, 0.4) is 0 Å². The number of nitrogens with one attached hydrogen (secondary N) is 1. The Labute approximate surface area is 101 Å². The second-order valence-corrected chi connectivity index (χ2v) is 4.14. The summed E-state index contributed by atoms with van der Waals surface area (Å²) in [5.74, 6) is 0.941. The van der Waals surface area contributed by atoms with Gasteiger partial charge in [-0.25, -0.2) is 4.98 Å². The first-order chi connectivity index (χ1) is 8.16. The van der Waals surface area contributed by atoms with Gasteiger partial charge in [0.25, 0.3) is 0 Å². The van der Waals surface area contributed by atoms with Gasteiger partial charge in [-0.15, -0.1) is 0 Å². The van der Waals surface area contributed by atoms with Crippen molar-refractivity contribution in [1.82, 2.24) is 14.8 Å². The maximum Gasteiger partial charge on any atom is 0.151 e. The van der Waals surface area contributed by atoms with E-state index in [1.807, 2.05) is 50.6 Å². The minimum absolute atomic E-state index is 0.750. The molecule has 0 aromatic carbocycles. The molecule has 0 bridgehead atoms. The number of anilines is 2. The van der Waals surface area contributed by atoms with Gasteiger partial charge in [-0.3, -0.25) is 4.68 Å². The fraction of sp³-hybridized carbons (Fsp3) is 0.333. The smallest absolute Gasteiger partial charge is 0.151 e. The molecule has 90 valence electrons. The Morgan fingerprint density at radius 3 is 2.88 bits per heavy atom. The summed E-state index contributed by atoms with van der Waals surface area (Å²) in [4.78, 5) is 6.33. The average molecular weight is 231 g/mol. The number of hydrogen-bond acceptors (Lipinski definition) is 4. The molecule has 2 aromatic heterocycles. The fourth-order valence-electron chi connectivity index (χ4n) is 1.65. The van der Waals surface area contributed by atoms with Crippen LogP contribution in [-0.4, -0.2) is 28.9 Å². The van der Waals surface area contributed by atoms with E-state index in [2.05, 4.69) is 15.4 Å². The highest BCUT2D eigenvalue weighted by Crippen LogP contribution is 2.20. The zero-order chi connectivity index (χ0) is 12.3. The molecule has 17 heavy (non-hydrogen) atoms. The van der Waals surface area contributed by atoms with Crippen LogP contribution in [0.15, 0.2) is 30.7 Å². The second kappa shape index (κ2) is 4.86. The molecule has 0 unspecified atom stereocenters. The van der Waals surface area contributed by atoms with Gasteiger partial charge in [-0.05, 0) is 12.1 Å². The number of hydrogen-bond donors (Lipinski definition) is 1. The average Bonchev–Trinajstić information content (AvgIpc) is 2.73. The molecule has 2 heterocycles. The largest absolute Gasteiger partial charge is 0.378 e. The lowest BCUT2D eigenvalue weighted by Gasteiger charge is -2.16. The topological polar surface area (TPSA) is 46.0 Å². The monoisotopic (exact) mass is 231 g/mol. The van der Waals surface area contributed by atoms with Crippen molar-refractivity contribution in [2.75, 3.05) is 24.3 Å². The summed E-state index contributed by atoms with van der Waals surface area (Å²) < 4.78 is 1.80. The lowest BCUT2D eigenvalue weighted by atomic mass is 10.3. The van der Waals surface area contributed by atoms with E-state index >= 15 is 0 Å². The zero-order valence-electron chi connectivity index (χ0n) is 10.4. The highest BCUT2D eigenvalue weighted by molar-refractivity contribution is 5.64. The first kappa shape index (κ1) is 11.4. The number of aryl methyl sites for hydroxylation is 1. The number of pyridine rings is 1. The highest BCUT2D eigenvalue weighted by Gasteiger charge is 2.04. The Kier molecular flexibility index (Phi) is 3.27. The molecule has 5 nitrogen and oxygen atoms in total. The molecular weight excluding hydrogens is 214 g/mol. The molecule has 0 saturated carbocycles. The van der Waals surface area contributed by atoms with Crippen molar-refractivity contribution in [2.45, 2.75) is 6.54 Å². The Morgan fingerprint density at radius 1 is 1.41 bits per heavy atom. The van der Waals surface area contributed by atoms with E-state index < -0.39 is 0 Å². The first-order valence-electron chi connectivity index (χ1n) is 5.50. The van der Waals surface area contributed by atoms with Crippen molar-refractivity contribution in [1.29, 1.82) is 0 Å². The van der Waals surface area contributed by atoms with Gasteiger partial charge in [0.2, 0.25) is 0 Å². The van der Waals surface area contributed by atoms with Gasteiger partial charge in [-0.1, -0.05) is 0 Å². The standard InChI is InChI=1S/C12H17N5/c1-16(2)12-11(5-4-6-13-12)14-7-10-8-15-17(3)9-10/h4-6,8-9,14H,7H2,1-3H3. The van der Waals surface area contributed by atoms with Crippen molar-refractivity contribution < 1.29 is 0 Å². The Hall–Kier alpha value is -2.04. The molecule has 0 spiro atoms. The molecule has 5 heteroatoms. The summed E-state index contributed by atoms with van der Waals surface area (Å²) in [5, 5.41) is 7.50. The maximum atomic E-state index is 4.34. The van der Waals surface area contributed by atoms with Crippen LogP contribution >= 0.6 is 0 Å². The van der Waals surface area contributed by atoms with Crippen LogP contribution in [0.5, 0.6) is 0 Å². The van der Waals surface area contributed by atoms with Gasteiger partial charge in [0.1, 0.15) is 0 Å². The van der Waals surface area contributed by atoms with Crippen LogP contribution < -0.4 is 10.2 Å². The van der Waals surface area contributed by atoms with Crippen LogP contribution in [0.2, 0.25) is 0 Å². The van der Waals surface area contributed by atoms with Crippen LogP contribution in [0.4, 0.5) is 11.5 Å². The Bertz CT molecular complexity index is 489. The highest BCUT2D eigenvalue weighted by atomic mass is 15.2. The number of nitrogens with zero attached hydrogens (tertiary/aromatic N) is 4. The van der Waals surface area contributed by atoms with Crippen molar-refractivity contribution >= 4 is 11.5 Å². The van der Waals surface area contributed by atoms with Crippen LogP contribution in [0, 0.1) is 0 Å². The molecule has 1 N–H and O–H groups in total. The first-order valence-corrected chi connectivity index (χ1v) is 5.50. The molecule has 0 aliphatic heterocycles. The van der Waals surface area contributed by atoms with Gasteiger partial charge in [0, 0.05) is 45.6 Å². The van der Waals surface area contributed by atoms with Gasteiger partial charge >= 0.3 is 0 Å². The maximum absolute atomic E-state index is 4.34. The van der Waals surface area contributed by atoms with Gasteiger partial charge < -0.3 is 10.2 Å². The molecule has 0 fully saturated rings. The molecule has 0 amide bonds. The van der Waals surface area contributed by atoms with Crippen molar-refractivity contribution in [3.63, 3.8) is 0 Å². The van der Waals surface area contributed by atoms with Crippen molar-refractivity contribution in [3.05, 3.63) is 36.3 Å². The fourth-order valence-corrected chi connectivity index (χ4v) is 1.65. The van der Waals surface area contributed by atoms with Gasteiger partial charge in [0.05, 0.1) is 11.9 Å². The van der Waals surface area contributed by atoms with Crippen molar-refractivity contribution in [3.8, 4) is 0 Å². The van der Waals surface area contributed by atoms with Crippen molar-refractivity contribution in [2.24, 2.45) is 7.05 Å². The molecule has 0 atom stereocenters. The summed E-state index contributed by atoms with van der Waals surface area (Å²) >= 11 is 0. The SMILES string of the molecule is CN(C)c1ncccc1NCc1cnn(C)c1. The van der Waals surface area contributed by atoms with E-state index in [-0.39, 0.29) is 0 Å². The normalized spacial score (nSPS) is 10.3. The molecule has 2 rings (SSSR count). The summed E-state index contributed by atoms with van der Waals surface area (Å²) in [6.45, 7) is 0.750. The van der Waals surface area contributed by atoms with Crippen LogP contribution in [-0.2, 0) is 13.6 Å². The summed E-state index contributed by atoms with van der Waals surface area (Å²) in [5.41, 5.74) is 2.18. The minimum Gasteiger partial charge on any atom is -0.378 e. The molecule has 2 aromatic rings. The predicted octanol–water partition coefficient (Wildman–Crippen LogP) is 1.49. The van der Waals surface area contributed by atoms with Crippen LogP contribution in [0.1, 0.15) is 5.56 Å². The van der Waals surface area contributed by atoms with E-state index in [4.69, 9.17) is 0 Å². The summed E-state index contributed by atoms with van der Waals surface area (Å²) in [6, 6.07) is 3.96. The Morgan fingerprint density at radius 2 is 2.24 bits per heavy atom. The number of rotatable bonds is 4. The molecule has 0 saturated heterocycles. The lowest BCUT2D eigenvalue weighted by Crippen LogP contribution is -2.13. The van der Waals surface area contributed by atoms with E-state index in [0.29, 0.717) is 0 Å². The van der Waals surface area contributed by atoms with Gasteiger partial charge in [-0.2, -0.15) is 5.10 Å². The Balaban J connectivity index is 2.08. The van der Waals surface area contributed by atoms with E-state index in [1.165, 1.54) is 0 Å². The summed E-state index contributed by atoms with van der Waals surface area (Å²) in [6.07, 6.45) is 5.65. The van der Waals surface area contributed by atoms with Crippen LogP contribution in [0.25, 0.3) is 0 Å². The summed E-state index contributed by atoms with van der Waals surface area (Å²) in [7, 11) is 5.88. The third kappa shape index (κ3) is 2.75. The minimum atomic E-state index is 0.750. The van der Waals surface area contributed by atoms with Gasteiger partial charge in [0.15, 0.2) is 5.82 Å². The molecule has 0 radical (unpaired) electrons. The van der Waals surface area contributed by atoms with E-state index in [9.17, 15) is 0 Å². The molecule has 0 aliphatic rings. The quantitative estimate of drug-likeness (QED) is 0.866. The number of aromatic nitrogens is 3. The molecular formula is C12H17N5. The lowest BCUT2D eigenvalue weighted by molar-refractivity contribution is 0.767. The van der Waals surface area contributed by atoms with E-state index in [0.717, 1.165) is 23.6 Å². The third-order valence-corrected chi connectivity index (χ3v) is 2.45. The predicted molar refractivity (Wildman–Crippen MR) is 69.1 cm³/mol.